The van der Waals surface area contributed by atoms with E-state index in [2.05, 4.69) is 108 Å². The Balaban J connectivity index is 1.49. The molecule has 2 heteroatoms. The van der Waals surface area contributed by atoms with Gasteiger partial charge in [0.15, 0.2) is 0 Å². The van der Waals surface area contributed by atoms with Crippen LogP contribution in [-0.2, 0) is 0 Å². The molecule has 0 saturated carbocycles. The standard InChI is InChI=1S/C32H22N2/c33-27-17-19-29(32-24(10-5-11-25(27)32)20-6-2-1-3-7-20)34-28-18-15-23-13-12-21-8-4-9-22-14-16-26(28)31(23)30(21)22/h1-19,34H,33H2. The van der Waals surface area contributed by atoms with E-state index in [-0.39, 0.29) is 0 Å². The van der Waals surface area contributed by atoms with Crippen LogP contribution in [0.1, 0.15) is 0 Å². The zero-order valence-corrected chi connectivity index (χ0v) is 18.5. The van der Waals surface area contributed by atoms with Crippen LogP contribution in [0.2, 0.25) is 0 Å². The molecule has 0 aliphatic rings. The molecule has 0 saturated heterocycles. The quantitative estimate of drug-likeness (QED) is 0.215. The Bertz CT molecular complexity index is 1820. The van der Waals surface area contributed by atoms with Gasteiger partial charge in [-0.15, -0.1) is 0 Å². The maximum atomic E-state index is 6.43. The Labute approximate surface area is 197 Å². The Kier molecular flexibility index (Phi) is 4.03. The fourth-order valence-corrected chi connectivity index (χ4v) is 5.38. The second kappa shape index (κ2) is 7.23. The summed E-state index contributed by atoms with van der Waals surface area (Å²) in [6.07, 6.45) is 0. The molecule has 7 rings (SSSR count). The van der Waals surface area contributed by atoms with Gasteiger partial charge in [0.1, 0.15) is 0 Å². The fourth-order valence-electron chi connectivity index (χ4n) is 5.38. The lowest BCUT2D eigenvalue weighted by atomic mass is 9.93. The van der Waals surface area contributed by atoms with Crippen LogP contribution in [-0.4, -0.2) is 0 Å². The van der Waals surface area contributed by atoms with Crippen molar-refractivity contribution in [1.82, 2.24) is 0 Å². The molecule has 0 atom stereocenters. The number of anilines is 3. The number of rotatable bonds is 3. The summed E-state index contributed by atoms with van der Waals surface area (Å²) in [5, 5.41) is 13.7. The van der Waals surface area contributed by atoms with E-state index in [1.807, 2.05) is 12.1 Å². The van der Waals surface area contributed by atoms with Crippen molar-refractivity contribution < 1.29 is 0 Å². The van der Waals surface area contributed by atoms with Crippen molar-refractivity contribution in [1.29, 1.82) is 0 Å². The number of nitrogen functional groups attached to an aromatic ring is 1. The van der Waals surface area contributed by atoms with Crippen molar-refractivity contribution in [3.63, 3.8) is 0 Å². The number of fused-ring (bicyclic) bond motifs is 1. The lowest BCUT2D eigenvalue weighted by Crippen LogP contribution is -1.97. The SMILES string of the molecule is Nc1ccc(Nc2ccc3ccc4cccc5ccc2c3c45)c2c(-c3ccccc3)cccc12. The average molecular weight is 435 g/mol. The van der Waals surface area contributed by atoms with Crippen LogP contribution in [0.3, 0.4) is 0 Å². The highest BCUT2D eigenvalue weighted by Gasteiger charge is 2.14. The number of benzene rings is 7. The monoisotopic (exact) mass is 434 g/mol. The maximum absolute atomic E-state index is 6.43. The third kappa shape index (κ3) is 2.76. The minimum absolute atomic E-state index is 0.786. The summed E-state index contributed by atoms with van der Waals surface area (Å²) in [7, 11) is 0. The molecule has 0 amide bonds. The van der Waals surface area contributed by atoms with Gasteiger partial charge in [0.2, 0.25) is 0 Å². The van der Waals surface area contributed by atoms with E-state index in [0.717, 1.165) is 27.8 Å². The van der Waals surface area contributed by atoms with Gasteiger partial charge in [-0.2, -0.15) is 0 Å². The molecule has 2 nitrogen and oxygen atoms in total. The van der Waals surface area contributed by atoms with E-state index in [1.54, 1.807) is 0 Å². The molecule has 0 bridgehead atoms. The predicted molar refractivity (Wildman–Crippen MR) is 147 cm³/mol. The van der Waals surface area contributed by atoms with Crippen molar-refractivity contribution in [2.75, 3.05) is 11.1 Å². The van der Waals surface area contributed by atoms with Gasteiger partial charge >= 0.3 is 0 Å². The van der Waals surface area contributed by atoms with Gasteiger partial charge in [-0.1, -0.05) is 97.1 Å². The molecule has 0 spiro atoms. The summed E-state index contributed by atoms with van der Waals surface area (Å²) in [5.74, 6) is 0. The van der Waals surface area contributed by atoms with Crippen LogP contribution < -0.4 is 11.1 Å². The number of hydrogen-bond donors (Lipinski definition) is 2. The molecule has 160 valence electrons. The lowest BCUT2D eigenvalue weighted by Gasteiger charge is -2.18. The summed E-state index contributed by atoms with van der Waals surface area (Å²) < 4.78 is 0. The van der Waals surface area contributed by atoms with Crippen LogP contribution >= 0.6 is 0 Å². The highest BCUT2D eigenvalue weighted by molar-refractivity contribution is 6.25. The molecule has 34 heavy (non-hydrogen) atoms. The average Bonchev–Trinajstić information content (AvgIpc) is 2.90. The summed E-state index contributed by atoms with van der Waals surface area (Å²) >= 11 is 0. The van der Waals surface area contributed by atoms with Crippen molar-refractivity contribution in [2.24, 2.45) is 0 Å². The summed E-state index contributed by atoms with van der Waals surface area (Å²) in [6.45, 7) is 0. The van der Waals surface area contributed by atoms with E-state index < -0.39 is 0 Å². The number of hydrogen-bond acceptors (Lipinski definition) is 2. The van der Waals surface area contributed by atoms with E-state index in [1.165, 1.54) is 43.4 Å². The molecule has 0 aromatic heterocycles. The van der Waals surface area contributed by atoms with Gasteiger partial charge in [-0.25, -0.2) is 0 Å². The Morgan fingerprint density at radius 2 is 1.12 bits per heavy atom. The highest BCUT2D eigenvalue weighted by Crippen LogP contribution is 2.41. The van der Waals surface area contributed by atoms with Crippen molar-refractivity contribution >= 4 is 60.2 Å². The first-order chi connectivity index (χ1) is 16.8. The number of nitrogens with two attached hydrogens (primary N) is 1. The van der Waals surface area contributed by atoms with E-state index in [9.17, 15) is 0 Å². The minimum atomic E-state index is 0.786. The summed E-state index contributed by atoms with van der Waals surface area (Å²) in [4.78, 5) is 0. The summed E-state index contributed by atoms with van der Waals surface area (Å²) in [5.41, 5.74) is 11.7. The largest absolute Gasteiger partial charge is 0.398 e. The zero-order valence-electron chi connectivity index (χ0n) is 18.5. The third-order valence-corrected chi connectivity index (χ3v) is 6.96. The van der Waals surface area contributed by atoms with Crippen LogP contribution in [0, 0.1) is 0 Å². The zero-order chi connectivity index (χ0) is 22.6. The molecule has 0 aliphatic carbocycles. The van der Waals surface area contributed by atoms with Gasteiger partial charge in [-0.05, 0) is 56.3 Å². The Morgan fingerprint density at radius 3 is 1.94 bits per heavy atom. The van der Waals surface area contributed by atoms with Crippen LogP contribution in [0.4, 0.5) is 17.1 Å². The van der Waals surface area contributed by atoms with Gasteiger partial charge in [0.05, 0.1) is 0 Å². The van der Waals surface area contributed by atoms with Crippen LogP contribution in [0.5, 0.6) is 0 Å². The Morgan fingerprint density at radius 1 is 0.441 bits per heavy atom. The first-order valence-electron chi connectivity index (χ1n) is 11.6. The molecule has 0 heterocycles. The lowest BCUT2D eigenvalue weighted by molar-refractivity contribution is 1.60. The molecule has 0 unspecified atom stereocenters. The topological polar surface area (TPSA) is 38.0 Å². The second-order valence-electron chi connectivity index (χ2n) is 8.89. The molecule has 7 aromatic rings. The molecule has 0 fully saturated rings. The first-order valence-corrected chi connectivity index (χ1v) is 11.6. The van der Waals surface area contributed by atoms with Gasteiger partial charge in [0, 0.05) is 33.2 Å². The molecule has 3 N–H and O–H groups in total. The van der Waals surface area contributed by atoms with Gasteiger partial charge in [0.25, 0.3) is 0 Å². The smallest absolute Gasteiger partial charge is 0.0471 e. The molecule has 0 aliphatic heterocycles. The van der Waals surface area contributed by atoms with Gasteiger partial charge < -0.3 is 11.1 Å². The number of nitrogens with one attached hydrogen (secondary N) is 1. The van der Waals surface area contributed by atoms with Crippen LogP contribution in [0.25, 0.3) is 54.2 Å². The minimum Gasteiger partial charge on any atom is -0.398 e. The van der Waals surface area contributed by atoms with Crippen molar-refractivity contribution in [3.8, 4) is 11.1 Å². The fraction of sp³-hybridized carbons (Fsp3) is 0. The normalized spacial score (nSPS) is 11.6. The molecular weight excluding hydrogens is 412 g/mol. The molecule has 7 aromatic carbocycles. The maximum Gasteiger partial charge on any atom is 0.0471 e. The van der Waals surface area contributed by atoms with Gasteiger partial charge in [-0.3, -0.25) is 0 Å². The van der Waals surface area contributed by atoms with Crippen molar-refractivity contribution in [2.45, 2.75) is 0 Å². The predicted octanol–water partition coefficient (Wildman–Crippen LogP) is 8.73. The van der Waals surface area contributed by atoms with E-state index >= 15 is 0 Å². The van der Waals surface area contributed by atoms with E-state index in [4.69, 9.17) is 5.73 Å². The van der Waals surface area contributed by atoms with Crippen molar-refractivity contribution in [3.05, 3.63) is 115 Å². The third-order valence-electron chi connectivity index (χ3n) is 6.96. The first kappa shape index (κ1) is 19.0. The highest BCUT2D eigenvalue weighted by atomic mass is 14.9. The molecule has 0 radical (unpaired) electrons. The summed E-state index contributed by atoms with van der Waals surface area (Å²) in [6, 6.07) is 40.8. The van der Waals surface area contributed by atoms with E-state index in [0.29, 0.717) is 0 Å². The Hall–Kier alpha value is -4.56. The molecular formula is C32H22N2. The second-order valence-corrected chi connectivity index (χ2v) is 8.89. The van der Waals surface area contributed by atoms with Crippen LogP contribution in [0.15, 0.2) is 115 Å².